The minimum absolute atomic E-state index is 0.374. The maximum atomic E-state index is 5.89. The average Bonchev–Trinajstić information content (AvgIpc) is 2.76. The van der Waals surface area contributed by atoms with Gasteiger partial charge in [0, 0.05) is 13.1 Å². The highest BCUT2D eigenvalue weighted by atomic mass is 16.5. The number of hydrogen-bond acceptors (Lipinski definition) is 3. The summed E-state index contributed by atoms with van der Waals surface area (Å²) < 4.78 is 8.07. The molecule has 0 saturated carbocycles. The Balaban J connectivity index is 1.81. The number of nitrogens with one attached hydrogen (secondary N) is 1. The van der Waals surface area contributed by atoms with Gasteiger partial charge in [0.2, 0.25) is 0 Å². The van der Waals surface area contributed by atoms with Gasteiger partial charge in [-0.25, -0.2) is 4.98 Å². The fourth-order valence-electron chi connectivity index (χ4n) is 2.08. The highest BCUT2D eigenvalue weighted by molar-refractivity contribution is 4.96. The monoisotopic (exact) mass is 223 g/mol. The molecule has 0 aliphatic carbocycles. The van der Waals surface area contributed by atoms with Crippen molar-refractivity contribution in [3.8, 4) is 0 Å². The van der Waals surface area contributed by atoms with E-state index in [0.717, 1.165) is 26.1 Å². The smallest absolute Gasteiger partial charge is 0.0948 e. The van der Waals surface area contributed by atoms with Gasteiger partial charge in [0.05, 0.1) is 30.9 Å². The molecule has 1 N–H and O–H groups in total. The van der Waals surface area contributed by atoms with Crippen LogP contribution in [0, 0.1) is 0 Å². The van der Waals surface area contributed by atoms with Crippen LogP contribution in [-0.2, 0) is 17.9 Å². The van der Waals surface area contributed by atoms with Gasteiger partial charge >= 0.3 is 0 Å². The SMILES string of the molecule is CCCn1cncc1COC1CCCNC1. The van der Waals surface area contributed by atoms with Crippen LogP contribution in [0.25, 0.3) is 0 Å². The first-order valence-corrected chi connectivity index (χ1v) is 6.21. The van der Waals surface area contributed by atoms with Gasteiger partial charge in [-0.1, -0.05) is 6.92 Å². The van der Waals surface area contributed by atoms with Crippen molar-refractivity contribution in [1.82, 2.24) is 14.9 Å². The summed E-state index contributed by atoms with van der Waals surface area (Å²) in [6.45, 7) is 6.01. The molecule has 1 aromatic heterocycles. The van der Waals surface area contributed by atoms with E-state index < -0.39 is 0 Å². The highest BCUT2D eigenvalue weighted by Gasteiger charge is 2.13. The Hall–Kier alpha value is -0.870. The van der Waals surface area contributed by atoms with Crippen molar-refractivity contribution in [2.75, 3.05) is 13.1 Å². The maximum Gasteiger partial charge on any atom is 0.0948 e. The summed E-state index contributed by atoms with van der Waals surface area (Å²) in [7, 11) is 0. The van der Waals surface area contributed by atoms with E-state index in [9.17, 15) is 0 Å². The Bertz CT molecular complexity index is 305. The van der Waals surface area contributed by atoms with Crippen molar-refractivity contribution in [3.63, 3.8) is 0 Å². The van der Waals surface area contributed by atoms with Gasteiger partial charge < -0.3 is 14.6 Å². The Kier molecular flexibility index (Phi) is 4.36. The fourth-order valence-corrected chi connectivity index (χ4v) is 2.08. The van der Waals surface area contributed by atoms with Crippen molar-refractivity contribution >= 4 is 0 Å². The molecular formula is C12H21N3O. The molecule has 0 aromatic carbocycles. The topological polar surface area (TPSA) is 39.1 Å². The number of hydrogen-bond donors (Lipinski definition) is 1. The van der Waals surface area contributed by atoms with Crippen LogP contribution in [0.1, 0.15) is 31.9 Å². The van der Waals surface area contributed by atoms with Crippen molar-refractivity contribution in [2.24, 2.45) is 0 Å². The van der Waals surface area contributed by atoms with Gasteiger partial charge in [0.15, 0.2) is 0 Å². The van der Waals surface area contributed by atoms with E-state index in [1.807, 2.05) is 12.5 Å². The number of piperidine rings is 1. The van der Waals surface area contributed by atoms with E-state index in [2.05, 4.69) is 21.8 Å². The maximum absolute atomic E-state index is 5.89. The van der Waals surface area contributed by atoms with E-state index in [4.69, 9.17) is 4.74 Å². The number of rotatable bonds is 5. The molecule has 1 saturated heterocycles. The lowest BCUT2D eigenvalue weighted by Crippen LogP contribution is -2.35. The standard InChI is InChI=1S/C12H21N3O/c1-2-6-15-10-14-7-11(15)9-16-12-4-3-5-13-8-12/h7,10,12-13H,2-6,8-9H2,1H3. The average molecular weight is 223 g/mol. The molecule has 1 unspecified atom stereocenters. The van der Waals surface area contributed by atoms with Gasteiger partial charge in [-0.3, -0.25) is 0 Å². The van der Waals surface area contributed by atoms with E-state index >= 15 is 0 Å². The van der Waals surface area contributed by atoms with E-state index in [-0.39, 0.29) is 0 Å². The minimum Gasteiger partial charge on any atom is -0.371 e. The summed E-state index contributed by atoms with van der Waals surface area (Å²) >= 11 is 0. The number of ether oxygens (including phenoxy) is 1. The van der Waals surface area contributed by atoms with Crippen LogP contribution in [0.4, 0.5) is 0 Å². The molecule has 1 fully saturated rings. The number of aryl methyl sites for hydroxylation is 1. The molecule has 0 amide bonds. The summed E-state index contributed by atoms with van der Waals surface area (Å²) in [4.78, 5) is 4.17. The van der Waals surface area contributed by atoms with E-state index in [0.29, 0.717) is 12.7 Å². The third-order valence-electron chi connectivity index (χ3n) is 2.98. The number of nitrogens with zero attached hydrogens (tertiary/aromatic N) is 2. The Morgan fingerprint density at radius 3 is 3.31 bits per heavy atom. The largest absolute Gasteiger partial charge is 0.371 e. The molecule has 16 heavy (non-hydrogen) atoms. The number of imidazole rings is 1. The first-order chi connectivity index (χ1) is 7.90. The Labute approximate surface area is 97.0 Å². The van der Waals surface area contributed by atoms with E-state index in [1.165, 1.54) is 18.5 Å². The van der Waals surface area contributed by atoms with Gasteiger partial charge in [0.1, 0.15) is 0 Å². The lowest BCUT2D eigenvalue weighted by atomic mass is 10.1. The molecule has 4 heteroatoms. The van der Waals surface area contributed by atoms with Crippen LogP contribution < -0.4 is 5.32 Å². The molecule has 90 valence electrons. The third kappa shape index (κ3) is 3.06. The van der Waals surface area contributed by atoms with Crippen LogP contribution in [0.3, 0.4) is 0 Å². The van der Waals surface area contributed by atoms with Crippen molar-refractivity contribution in [2.45, 2.75) is 45.4 Å². The zero-order valence-electron chi connectivity index (χ0n) is 9.98. The second kappa shape index (κ2) is 6.01. The molecule has 0 spiro atoms. The lowest BCUT2D eigenvalue weighted by Gasteiger charge is -2.23. The van der Waals surface area contributed by atoms with Crippen molar-refractivity contribution in [3.05, 3.63) is 18.2 Å². The van der Waals surface area contributed by atoms with Gasteiger partial charge in [-0.15, -0.1) is 0 Å². The predicted octanol–water partition coefficient (Wildman–Crippen LogP) is 1.56. The minimum atomic E-state index is 0.374. The lowest BCUT2D eigenvalue weighted by molar-refractivity contribution is 0.0222. The van der Waals surface area contributed by atoms with Crippen LogP contribution in [0.15, 0.2) is 12.5 Å². The van der Waals surface area contributed by atoms with Crippen molar-refractivity contribution in [1.29, 1.82) is 0 Å². The molecular weight excluding hydrogens is 202 g/mol. The molecule has 0 radical (unpaired) electrons. The van der Waals surface area contributed by atoms with Crippen molar-refractivity contribution < 1.29 is 4.74 Å². The zero-order chi connectivity index (χ0) is 11.2. The molecule has 2 rings (SSSR count). The quantitative estimate of drug-likeness (QED) is 0.823. The second-order valence-electron chi connectivity index (χ2n) is 4.36. The Morgan fingerprint density at radius 2 is 2.56 bits per heavy atom. The predicted molar refractivity (Wildman–Crippen MR) is 63.2 cm³/mol. The summed E-state index contributed by atoms with van der Waals surface area (Å²) in [5, 5.41) is 3.36. The summed E-state index contributed by atoms with van der Waals surface area (Å²) in [5.41, 5.74) is 1.19. The zero-order valence-corrected chi connectivity index (χ0v) is 9.98. The molecule has 1 aliphatic heterocycles. The number of aromatic nitrogens is 2. The second-order valence-corrected chi connectivity index (χ2v) is 4.36. The van der Waals surface area contributed by atoms with Crippen LogP contribution in [-0.4, -0.2) is 28.7 Å². The van der Waals surface area contributed by atoms with Crippen LogP contribution >= 0.6 is 0 Å². The molecule has 1 atom stereocenters. The summed E-state index contributed by atoms with van der Waals surface area (Å²) in [6, 6.07) is 0. The molecule has 4 nitrogen and oxygen atoms in total. The van der Waals surface area contributed by atoms with Gasteiger partial charge in [-0.2, -0.15) is 0 Å². The molecule has 2 heterocycles. The Morgan fingerprint density at radius 1 is 1.62 bits per heavy atom. The normalized spacial score (nSPS) is 21.2. The first kappa shape index (κ1) is 11.6. The molecule has 1 aliphatic rings. The summed E-state index contributed by atoms with van der Waals surface area (Å²) in [6.07, 6.45) is 7.70. The van der Waals surface area contributed by atoms with Crippen LogP contribution in [0.5, 0.6) is 0 Å². The fraction of sp³-hybridized carbons (Fsp3) is 0.750. The third-order valence-corrected chi connectivity index (χ3v) is 2.98. The molecule has 0 bridgehead atoms. The molecule has 1 aromatic rings. The highest BCUT2D eigenvalue weighted by Crippen LogP contribution is 2.10. The van der Waals surface area contributed by atoms with E-state index in [1.54, 1.807) is 0 Å². The van der Waals surface area contributed by atoms with Gasteiger partial charge in [-0.05, 0) is 25.8 Å². The summed E-state index contributed by atoms with van der Waals surface area (Å²) in [5.74, 6) is 0. The van der Waals surface area contributed by atoms with Crippen LogP contribution in [0.2, 0.25) is 0 Å². The van der Waals surface area contributed by atoms with Gasteiger partial charge in [0.25, 0.3) is 0 Å². The first-order valence-electron chi connectivity index (χ1n) is 6.21.